The number of rotatable bonds is 7. The van der Waals surface area contributed by atoms with E-state index in [1.165, 1.54) is 12.4 Å². The summed E-state index contributed by atoms with van der Waals surface area (Å²) >= 11 is 0. The van der Waals surface area contributed by atoms with Gasteiger partial charge >= 0.3 is 6.55 Å². The third kappa shape index (κ3) is 4.57. The highest BCUT2D eigenvalue weighted by atomic mass is 19.3. The van der Waals surface area contributed by atoms with Crippen molar-refractivity contribution in [2.24, 2.45) is 4.99 Å². The maximum atomic E-state index is 12.7. The lowest BCUT2D eigenvalue weighted by Crippen LogP contribution is -2.38. The van der Waals surface area contributed by atoms with Gasteiger partial charge in [-0.3, -0.25) is 4.57 Å². The number of aromatic nitrogens is 3. The van der Waals surface area contributed by atoms with Crippen molar-refractivity contribution >= 4 is 5.96 Å². The molecule has 0 aliphatic heterocycles. The third-order valence-corrected chi connectivity index (χ3v) is 3.01. The molecule has 2 aromatic rings. The second kappa shape index (κ2) is 8.16. The van der Waals surface area contributed by atoms with Crippen LogP contribution in [0.3, 0.4) is 0 Å². The van der Waals surface area contributed by atoms with Crippen LogP contribution in [0.2, 0.25) is 0 Å². The van der Waals surface area contributed by atoms with Crippen molar-refractivity contribution in [1.29, 1.82) is 0 Å². The Labute approximate surface area is 127 Å². The zero-order chi connectivity index (χ0) is 15.8. The zero-order valence-electron chi connectivity index (χ0n) is 12.4. The molecule has 2 heterocycles. The number of halogens is 2. The summed E-state index contributed by atoms with van der Waals surface area (Å²) in [4.78, 5) is 8.19. The van der Waals surface area contributed by atoms with Gasteiger partial charge in [0, 0.05) is 44.4 Å². The summed E-state index contributed by atoms with van der Waals surface area (Å²) in [7, 11) is 0. The largest absolute Gasteiger partial charge is 0.357 e. The Morgan fingerprint density at radius 2 is 2.05 bits per heavy atom. The number of alkyl halides is 2. The quantitative estimate of drug-likeness (QED) is 0.606. The van der Waals surface area contributed by atoms with Gasteiger partial charge in [0.1, 0.15) is 12.4 Å². The van der Waals surface area contributed by atoms with Crippen LogP contribution in [0, 0.1) is 0 Å². The molecule has 2 aromatic heterocycles. The lowest BCUT2D eigenvalue weighted by atomic mass is 10.5. The van der Waals surface area contributed by atoms with Gasteiger partial charge < -0.3 is 15.2 Å². The topological polar surface area (TPSA) is 59.2 Å². The first-order valence-corrected chi connectivity index (χ1v) is 7.13. The van der Waals surface area contributed by atoms with Gasteiger partial charge in [0.25, 0.3) is 0 Å². The van der Waals surface area contributed by atoms with Gasteiger partial charge in [-0.25, -0.2) is 9.98 Å². The molecule has 0 spiro atoms. The van der Waals surface area contributed by atoms with Crippen LogP contribution in [0.15, 0.2) is 41.9 Å². The molecule has 0 bridgehead atoms. The average Bonchev–Trinajstić information content (AvgIpc) is 3.16. The van der Waals surface area contributed by atoms with Gasteiger partial charge in [-0.1, -0.05) is 0 Å². The number of hydrogen-bond acceptors (Lipinski definition) is 2. The number of hydrogen-bond donors (Lipinski definition) is 2. The number of aliphatic imine (C=N–C) groups is 1. The first kappa shape index (κ1) is 16.0. The zero-order valence-corrected chi connectivity index (χ0v) is 12.4. The van der Waals surface area contributed by atoms with E-state index in [1.54, 1.807) is 0 Å². The van der Waals surface area contributed by atoms with Crippen LogP contribution < -0.4 is 10.6 Å². The predicted molar refractivity (Wildman–Crippen MR) is 80.7 cm³/mol. The smallest absolute Gasteiger partial charge is 0.319 e. The fraction of sp³-hybridized carbons (Fsp3) is 0.429. The number of imidazole rings is 1. The van der Waals surface area contributed by atoms with Gasteiger partial charge in [-0.05, 0) is 19.1 Å². The Balaban J connectivity index is 1.90. The van der Waals surface area contributed by atoms with Gasteiger partial charge in [0.2, 0.25) is 0 Å². The van der Waals surface area contributed by atoms with E-state index >= 15 is 0 Å². The normalized spacial score (nSPS) is 11.9. The highest BCUT2D eigenvalue weighted by Gasteiger charge is 2.10. The second-order valence-electron chi connectivity index (χ2n) is 4.57. The van der Waals surface area contributed by atoms with E-state index in [4.69, 9.17) is 0 Å². The monoisotopic (exact) mass is 310 g/mol. The van der Waals surface area contributed by atoms with Crippen molar-refractivity contribution < 1.29 is 8.78 Å². The number of guanidine groups is 1. The van der Waals surface area contributed by atoms with Crippen LogP contribution in [0.4, 0.5) is 8.78 Å². The van der Waals surface area contributed by atoms with E-state index in [2.05, 4.69) is 20.6 Å². The van der Waals surface area contributed by atoms with E-state index in [1.807, 2.05) is 36.0 Å². The maximum absolute atomic E-state index is 12.7. The summed E-state index contributed by atoms with van der Waals surface area (Å²) in [6, 6.07) is 3.92. The lowest BCUT2D eigenvalue weighted by Gasteiger charge is -2.12. The fourth-order valence-corrected chi connectivity index (χ4v) is 1.96. The highest BCUT2D eigenvalue weighted by molar-refractivity contribution is 5.79. The third-order valence-electron chi connectivity index (χ3n) is 3.01. The van der Waals surface area contributed by atoms with Crippen LogP contribution in [0.1, 0.15) is 19.3 Å². The number of nitrogens with zero attached hydrogens (tertiary/aromatic N) is 4. The van der Waals surface area contributed by atoms with E-state index < -0.39 is 6.55 Å². The summed E-state index contributed by atoms with van der Waals surface area (Å²) < 4.78 is 28.3. The van der Waals surface area contributed by atoms with Crippen molar-refractivity contribution in [2.45, 2.75) is 26.6 Å². The first-order chi connectivity index (χ1) is 10.7. The molecule has 0 aliphatic carbocycles. The van der Waals surface area contributed by atoms with E-state index in [9.17, 15) is 8.78 Å². The van der Waals surface area contributed by atoms with Crippen molar-refractivity contribution in [3.8, 4) is 0 Å². The molecule has 22 heavy (non-hydrogen) atoms. The van der Waals surface area contributed by atoms with Crippen molar-refractivity contribution in [1.82, 2.24) is 24.8 Å². The maximum Gasteiger partial charge on any atom is 0.319 e. The molecule has 6 nitrogen and oxygen atoms in total. The van der Waals surface area contributed by atoms with Crippen molar-refractivity contribution in [3.05, 3.63) is 42.7 Å². The molecule has 120 valence electrons. The molecule has 0 radical (unpaired) electrons. The molecule has 0 saturated carbocycles. The summed E-state index contributed by atoms with van der Waals surface area (Å²) in [5, 5.41) is 6.24. The van der Waals surface area contributed by atoms with Gasteiger partial charge in [-0.2, -0.15) is 8.78 Å². The minimum atomic E-state index is -2.60. The van der Waals surface area contributed by atoms with Crippen LogP contribution in [-0.2, 0) is 13.1 Å². The van der Waals surface area contributed by atoms with Crippen molar-refractivity contribution in [2.75, 3.05) is 13.1 Å². The van der Waals surface area contributed by atoms with Crippen LogP contribution in [0.5, 0.6) is 0 Å². The summed E-state index contributed by atoms with van der Waals surface area (Å²) in [6.07, 6.45) is 6.56. The minimum Gasteiger partial charge on any atom is -0.357 e. The first-order valence-electron chi connectivity index (χ1n) is 7.13. The molecule has 0 amide bonds. The highest BCUT2D eigenvalue weighted by Crippen LogP contribution is 2.12. The Morgan fingerprint density at radius 1 is 1.27 bits per heavy atom. The summed E-state index contributed by atoms with van der Waals surface area (Å²) in [5.74, 6) is 0.816. The molecule has 8 heteroatoms. The molecule has 0 saturated heterocycles. The SMILES string of the molecule is CCNC(=NCc1nccn1C(F)F)NCCn1cccc1. The predicted octanol–water partition coefficient (Wildman–Crippen LogP) is 1.83. The van der Waals surface area contributed by atoms with Crippen LogP contribution >= 0.6 is 0 Å². The Hall–Kier alpha value is -2.38. The van der Waals surface area contributed by atoms with E-state index in [0.717, 1.165) is 11.1 Å². The van der Waals surface area contributed by atoms with Gasteiger partial charge in [0.05, 0.1) is 0 Å². The minimum absolute atomic E-state index is 0.0934. The Bertz CT molecular complexity index is 576. The lowest BCUT2D eigenvalue weighted by molar-refractivity contribution is 0.0671. The molecular weight excluding hydrogens is 290 g/mol. The van der Waals surface area contributed by atoms with Gasteiger partial charge in [-0.15, -0.1) is 0 Å². The van der Waals surface area contributed by atoms with Crippen molar-refractivity contribution in [3.63, 3.8) is 0 Å². The molecule has 0 aromatic carbocycles. The second-order valence-corrected chi connectivity index (χ2v) is 4.57. The number of nitrogens with one attached hydrogen (secondary N) is 2. The van der Waals surface area contributed by atoms with Crippen LogP contribution in [0.25, 0.3) is 0 Å². The van der Waals surface area contributed by atoms with Gasteiger partial charge in [0.15, 0.2) is 5.96 Å². The molecule has 0 fully saturated rings. The average molecular weight is 310 g/mol. The van der Waals surface area contributed by atoms with Crippen LogP contribution in [-0.4, -0.2) is 33.2 Å². The Kier molecular flexibility index (Phi) is 5.93. The Morgan fingerprint density at radius 3 is 2.73 bits per heavy atom. The molecular formula is C14H20F2N6. The molecule has 0 atom stereocenters. The fourth-order valence-electron chi connectivity index (χ4n) is 1.96. The molecule has 0 unspecified atom stereocenters. The van der Waals surface area contributed by atoms with E-state index in [0.29, 0.717) is 19.0 Å². The molecule has 2 N–H and O–H groups in total. The standard InChI is InChI=1S/C14H20F2N6/c1-2-17-14(19-5-9-21-7-3-4-8-21)20-11-12-18-6-10-22(12)13(15)16/h3-4,6-8,10,13H,2,5,9,11H2,1H3,(H2,17,19,20). The van der Waals surface area contributed by atoms with E-state index in [-0.39, 0.29) is 12.4 Å². The summed E-state index contributed by atoms with van der Waals surface area (Å²) in [5.41, 5.74) is 0. The molecule has 0 aliphatic rings. The summed E-state index contributed by atoms with van der Waals surface area (Å²) in [6.45, 7) is 1.61. The molecule has 2 rings (SSSR count).